The number of carbonyl (C=O) groups excluding carboxylic acids is 1. The van der Waals surface area contributed by atoms with E-state index in [4.69, 9.17) is 9.72 Å². The third kappa shape index (κ3) is 3.48. The van der Waals surface area contributed by atoms with E-state index in [1.807, 2.05) is 85.8 Å². The van der Waals surface area contributed by atoms with E-state index in [1.165, 1.54) is 0 Å². The van der Waals surface area contributed by atoms with Crippen molar-refractivity contribution in [3.05, 3.63) is 101 Å². The van der Waals surface area contributed by atoms with Gasteiger partial charge in [-0.1, -0.05) is 54.6 Å². The number of rotatable bonds is 5. The van der Waals surface area contributed by atoms with E-state index >= 15 is 0 Å². The summed E-state index contributed by atoms with van der Waals surface area (Å²) in [7, 11) is 0. The number of aromatic nitrogens is 2. The van der Waals surface area contributed by atoms with E-state index < -0.39 is 0 Å². The number of fused-ring (bicyclic) bond motifs is 3. The molecule has 1 aromatic heterocycles. The number of ether oxygens (including phenoxy) is 1. The summed E-state index contributed by atoms with van der Waals surface area (Å²) < 4.78 is 8.05. The van der Waals surface area contributed by atoms with Gasteiger partial charge in [-0.3, -0.25) is 9.36 Å². The summed E-state index contributed by atoms with van der Waals surface area (Å²) in [6.45, 7) is 4.07. The number of Topliss-reactive ketones (excluding diaryl/α,β-unsaturated/α-hetero) is 1. The fraction of sp³-hybridized carbons (Fsp3) is 0.154. The Morgan fingerprint density at radius 3 is 2.45 bits per heavy atom. The van der Waals surface area contributed by atoms with Crippen molar-refractivity contribution in [2.75, 3.05) is 5.32 Å². The molecule has 0 aliphatic carbocycles. The van der Waals surface area contributed by atoms with Crippen molar-refractivity contribution in [2.45, 2.75) is 26.5 Å². The Bertz CT molecular complexity index is 1290. The Morgan fingerprint density at radius 2 is 1.71 bits per heavy atom. The molecule has 1 aliphatic heterocycles. The minimum absolute atomic E-state index is 0.0443. The summed E-state index contributed by atoms with van der Waals surface area (Å²) in [6.07, 6.45) is 0. The highest BCUT2D eigenvalue weighted by atomic mass is 16.5. The molecule has 31 heavy (non-hydrogen) atoms. The smallest absolute Gasteiger partial charge is 0.209 e. The van der Waals surface area contributed by atoms with Crippen molar-refractivity contribution in [3.8, 4) is 5.75 Å². The predicted octanol–water partition coefficient (Wildman–Crippen LogP) is 5.49. The molecule has 0 radical (unpaired) electrons. The highest BCUT2D eigenvalue weighted by Gasteiger charge is 2.32. The number of hydrogen-bond acceptors (Lipinski definition) is 4. The number of benzene rings is 3. The van der Waals surface area contributed by atoms with Crippen molar-refractivity contribution in [1.82, 2.24) is 9.55 Å². The summed E-state index contributed by atoms with van der Waals surface area (Å²) in [5.41, 5.74) is 5.61. The van der Waals surface area contributed by atoms with Gasteiger partial charge in [0.2, 0.25) is 5.95 Å². The molecule has 0 saturated heterocycles. The molecule has 3 aromatic carbocycles. The van der Waals surface area contributed by atoms with Gasteiger partial charge in [0.05, 0.1) is 17.1 Å². The van der Waals surface area contributed by atoms with Crippen LogP contribution in [0.25, 0.3) is 11.0 Å². The van der Waals surface area contributed by atoms with Crippen molar-refractivity contribution in [3.63, 3.8) is 0 Å². The number of nitrogens with one attached hydrogen (secondary N) is 1. The van der Waals surface area contributed by atoms with Crippen LogP contribution in [0.3, 0.4) is 0 Å². The van der Waals surface area contributed by atoms with Crippen LogP contribution >= 0.6 is 0 Å². The van der Waals surface area contributed by atoms with Crippen LogP contribution in [0, 0.1) is 0 Å². The highest BCUT2D eigenvalue weighted by molar-refractivity contribution is 5.97. The largest absolute Gasteiger partial charge is 0.489 e. The average molecular weight is 409 g/mol. The van der Waals surface area contributed by atoms with Crippen molar-refractivity contribution in [1.29, 1.82) is 0 Å². The molecule has 154 valence electrons. The first-order valence-electron chi connectivity index (χ1n) is 10.3. The van der Waals surface area contributed by atoms with Crippen molar-refractivity contribution >= 4 is 22.8 Å². The molecule has 1 aliphatic rings. The lowest BCUT2D eigenvalue weighted by atomic mass is 9.92. The second-order valence-electron chi connectivity index (χ2n) is 7.76. The fourth-order valence-corrected chi connectivity index (χ4v) is 4.22. The van der Waals surface area contributed by atoms with Gasteiger partial charge in [0.25, 0.3) is 0 Å². The lowest BCUT2D eigenvalue weighted by Gasteiger charge is -2.30. The highest BCUT2D eigenvalue weighted by Crippen LogP contribution is 2.39. The molecular weight excluding hydrogens is 386 g/mol. The molecule has 5 rings (SSSR count). The van der Waals surface area contributed by atoms with Gasteiger partial charge >= 0.3 is 0 Å². The van der Waals surface area contributed by atoms with Crippen LogP contribution in [0.2, 0.25) is 0 Å². The van der Waals surface area contributed by atoms with Gasteiger partial charge < -0.3 is 10.1 Å². The fourth-order valence-electron chi connectivity index (χ4n) is 4.22. The van der Waals surface area contributed by atoms with E-state index in [1.54, 1.807) is 6.92 Å². The minimum Gasteiger partial charge on any atom is -0.489 e. The van der Waals surface area contributed by atoms with E-state index in [0.29, 0.717) is 6.61 Å². The molecule has 0 spiro atoms. The average Bonchev–Trinajstić information content (AvgIpc) is 3.15. The number of anilines is 1. The second-order valence-corrected chi connectivity index (χ2v) is 7.76. The van der Waals surface area contributed by atoms with Gasteiger partial charge in [0, 0.05) is 11.3 Å². The van der Waals surface area contributed by atoms with Crippen molar-refractivity contribution in [2.24, 2.45) is 0 Å². The molecule has 5 nitrogen and oxygen atoms in total. The van der Waals surface area contributed by atoms with E-state index in [-0.39, 0.29) is 11.8 Å². The molecule has 1 atom stereocenters. The monoisotopic (exact) mass is 409 g/mol. The number of ketones is 1. The molecule has 1 N–H and O–H groups in total. The second kappa shape index (κ2) is 7.76. The van der Waals surface area contributed by atoms with Crippen LogP contribution in [-0.4, -0.2) is 15.3 Å². The lowest BCUT2D eigenvalue weighted by Crippen LogP contribution is -2.26. The van der Waals surface area contributed by atoms with Crippen LogP contribution in [0.4, 0.5) is 5.95 Å². The molecule has 4 aromatic rings. The zero-order chi connectivity index (χ0) is 21.4. The molecule has 5 heteroatoms. The number of nitrogens with zero attached hydrogens (tertiary/aromatic N) is 2. The van der Waals surface area contributed by atoms with Gasteiger partial charge in [-0.25, -0.2) is 4.98 Å². The van der Waals surface area contributed by atoms with E-state index in [9.17, 15) is 4.79 Å². The molecule has 1 unspecified atom stereocenters. The zero-order valence-electron chi connectivity index (χ0n) is 17.5. The maximum Gasteiger partial charge on any atom is 0.209 e. The van der Waals surface area contributed by atoms with Crippen LogP contribution in [0.1, 0.15) is 31.0 Å². The number of hydrogen-bond donors (Lipinski definition) is 1. The Labute approximate surface area is 181 Å². The van der Waals surface area contributed by atoms with Crippen molar-refractivity contribution < 1.29 is 9.53 Å². The predicted molar refractivity (Wildman–Crippen MR) is 122 cm³/mol. The maximum atomic E-state index is 12.6. The number of para-hydroxylation sites is 2. The number of imidazole rings is 1. The van der Waals surface area contributed by atoms with Crippen LogP contribution < -0.4 is 10.1 Å². The molecule has 0 bridgehead atoms. The summed E-state index contributed by atoms with van der Waals surface area (Å²) in [4.78, 5) is 17.4. The van der Waals surface area contributed by atoms with Gasteiger partial charge in [0.15, 0.2) is 5.78 Å². The third-order valence-corrected chi connectivity index (χ3v) is 5.65. The van der Waals surface area contributed by atoms with Gasteiger partial charge in [-0.2, -0.15) is 0 Å². The van der Waals surface area contributed by atoms with E-state index in [2.05, 4.69) is 9.88 Å². The third-order valence-electron chi connectivity index (χ3n) is 5.65. The first kappa shape index (κ1) is 19.1. The Balaban J connectivity index is 1.52. The van der Waals surface area contributed by atoms with Crippen LogP contribution in [0.15, 0.2) is 90.1 Å². The first-order chi connectivity index (χ1) is 15.1. The topological polar surface area (TPSA) is 56.2 Å². The number of carbonyl (C=O) groups is 1. The Hall–Kier alpha value is -3.86. The minimum atomic E-state index is -0.246. The number of allylic oxidation sites excluding steroid dienone is 2. The van der Waals surface area contributed by atoms with Gasteiger partial charge in [0.1, 0.15) is 12.4 Å². The summed E-state index contributed by atoms with van der Waals surface area (Å²) >= 11 is 0. The van der Waals surface area contributed by atoms with Crippen LogP contribution in [-0.2, 0) is 11.4 Å². The standard InChI is InChI=1S/C26H23N3O2/c1-17-24(18(2)30)25(29-23-11-7-6-10-22(23)28-26(29)27-17)20-12-14-21(15-13-20)31-16-19-8-4-3-5-9-19/h3-15,25H,16H2,1-2H3,(H,27,28). The summed E-state index contributed by atoms with van der Waals surface area (Å²) in [6, 6.07) is 25.8. The zero-order valence-corrected chi connectivity index (χ0v) is 17.5. The molecule has 0 fully saturated rings. The lowest BCUT2D eigenvalue weighted by molar-refractivity contribution is -0.114. The molecule has 0 saturated carbocycles. The first-order valence-corrected chi connectivity index (χ1v) is 10.3. The molecule has 0 amide bonds. The van der Waals surface area contributed by atoms with E-state index in [0.717, 1.165) is 45.1 Å². The maximum absolute atomic E-state index is 12.6. The molecular formula is C26H23N3O2. The quantitative estimate of drug-likeness (QED) is 0.473. The SMILES string of the molecule is CC(=O)C1=C(C)Nc2nc3ccccc3n2C1c1ccc(OCc2ccccc2)cc1. The van der Waals surface area contributed by atoms with Crippen LogP contribution in [0.5, 0.6) is 5.75 Å². The molecule has 2 heterocycles. The van der Waals surface area contributed by atoms with Gasteiger partial charge in [-0.15, -0.1) is 0 Å². The summed E-state index contributed by atoms with van der Waals surface area (Å²) in [5.74, 6) is 1.59. The summed E-state index contributed by atoms with van der Waals surface area (Å²) in [5, 5.41) is 3.32. The Morgan fingerprint density at radius 1 is 1.00 bits per heavy atom. The normalized spacial score (nSPS) is 15.5. The van der Waals surface area contributed by atoms with Gasteiger partial charge in [-0.05, 0) is 49.2 Å². The Kier molecular flexibility index (Phi) is 4.79.